The highest BCUT2D eigenvalue weighted by molar-refractivity contribution is 8.00. The fourth-order valence-corrected chi connectivity index (χ4v) is 3.18. The van der Waals surface area contributed by atoms with Crippen molar-refractivity contribution in [1.82, 2.24) is 0 Å². The van der Waals surface area contributed by atoms with Gasteiger partial charge in [-0.3, -0.25) is 9.59 Å². The molecule has 3 rings (SSSR count). The van der Waals surface area contributed by atoms with Gasteiger partial charge in [-0.2, -0.15) is 0 Å². The minimum Gasteiger partial charge on any atom is -0.455 e. The number of benzene rings is 2. The topological polar surface area (TPSA) is 73.9 Å². The van der Waals surface area contributed by atoms with Gasteiger partial charge in [-0.25, -0.2) is 0 Å². The van der Waals surface area contributed by atoms with E-state index in [-0.39, 0.29) is 13.4 Å². The van der Waals surface area contributed by atoms with Crippen LogP contribution < -0.4 is 14.8 Å². The molecule has 0 unspecified atom stereocenters. The van der Waals surface area contributed by atoms with Gasteiger partial charge in [0.25, 0.3) is 5.91 Å². The number of nitrogens with one attached hydrogen (secondary N) is 1. The third-order valence-corrected chi connectivity index (χ3v) is 4.80. The van der Waals surface area contributed by atoms with Crippen LogP contribution in [0.2, 0.25) is 5.02 Å². The lowest BCUT2D eigenvalue weighted by Gasteiger charge is -2.11. The Kier molecular flexibility index (Phi) is 5.90. The zero-order valence-corrected chi connectivity index (χ0v) is 15.4. The van der Waals surface area contributed by atoms with Crippen LogP contribution in [0.1, 0.15) is 6.92 Å². The number of halogens is 1. The maximum Gasteiger partial charge on any atom is 0.319 e. The number of anilines is 1. The molecular formula is C18H16ClNO5S. The molecule has 0 fully saturated rings. The molecule has 1 aliphatic heterocycles. The average Bonchev–Trinajstić information content (AvgIpc) is 3.09. The number of carbonyl (C=O) groups is 2. The second-order valence-electron chi connectivity index (χ2n) is 5.44. The van der Waals surface area contributed by atoms with Gasteiger partial charge in [0, 0.05) is 21.7 Å². The molecule has 0 spiro atoms. The highest BCUT2D eigenvalue weighted by Gasteiger charge is 2.18. The number of hydrogen-bond donors (Lipinski definition) is 1. The third-order valence-electron chi connectivity index (χ3n) is 3.46. The summed E-state index contributed by atoms with van der Waals surface area (Å²) in [6.07, 6.45) is 0. The summed E-state index contributed by atoms with van der Waals surface area (Å²) in [5, 5.41) is 2.83. The van der Waals surface area contributed by atoms with Crippen molar-refractivity contribution in [2.24, 2.45) is 0 Å². The maximum atomic E-state index is 12.0. The van der Waals surface area contributed by atoms with Crippen LogP contribution >= 0.6 is 23.4 Å². The molecule has 0 aliphatic carbocycles. The van der Waals surface area contributed by atoms with Crippen LogP contribution in [-0.2, 0) is 14.3 Å². The highest BCUT2D eigenvalue weighted by Crippen LogP contribution is 2.34. The Morgan fingerprint density at radius 1 is 1.19 bits per heavy atom. The Bertz CT molecular complexity index is 812. The molecule has 0 bridgehead atoms. The fraction of sp³-hybridized carbons (Fsp3) is 0.222. The van der Waals surface area contributed by atoms with Gasteiger partial charge in [-0.1, -0.05) is 11.6 Å². The van der Waals surface area contributed by atoms with Gasteiger partial charge in [-0.15, -0.1) is 11.8 Å². The van der Waals surface area contributed by atoms with E-state index >= 15 is 0 Å². The summed E-state index contributed by atoms with van der Waals surface area (Å²) < 4.78 is 15.5. The van der Waals surface area contributed by atoms with Gasteiger partial charge >= 0.3 is 5.97 Å². The summed E-state index contributed by atoms with van der Waals surface area (Å²) in [7, 11) is 0. The molecule has 1 atom stereocenters. The Morgan fingerprint density at radius 3 is 2.69 bits per heavy atom. The number of hydrogen-bond acceptors (Lipinski definition) is 6. The molecule has 0 saturated carbocycles. The molecule has 1 heterocycles. The first-order valence-electron chi connectivity index (χ1n) is 7.79. The molecule has 1 aliphatic rings. The Morgan fingerprint density at radius 2 is 1.92 bits per heavy atom. The van der Waals surface area contributed by atoms with Crippen molar-refractivity contribution >= 4 is 40.9 Å². The van der Waals surface area contributed by atoms with E-state index in [0.717, 1.165) is 4.90 Å². The normalized spacial score (nSPS) is 13.2. The van der Waals surface area contributed by atoms with Gasteiger partial charge in [0.2, 0.25) is 6.79 Å². The SMILES string of the molecule is C[C@H](Sc1ccc(Cl)cc1)C(=O)OCC(=O)Nc1ccc2c(c1)OCO2. The molecular weight excluding hydrogens is 378 g/mol. The standard InChI is InChI=1S/C18H16ClNO5S/c1-11(26-14-5-2-12(19)3-6-14)18(22)23-9-17(21)20-13-4-7-15-16(8-13)25-10-24-15/h2-8,11H,9-10H2,1H3,(H,20,21)/t11-/m0/s1. The summed E-state index contributed by atoms with van der Waals surface area (Å²) in [5.41, 5.74) is 0.541. The molecule has 1 N–H and O–H groups in total. The van der Waals surface area contributed by atoms with Crippen molar-refractivity contribution in [3.05, 3.63) is 47.5 Å². The van der Waals surface area contributed by atoms with Gasteiger partial charge in [0.15, 0.2) is 18.1 Å². The lowest BCUT2D eigenvalue weighted by molar-refractivity contribution is -0.146. The van der Waals surface area contributed by atoms with Crippen LogP contribution in [-0.4, -0.2) is 30.5 Å². The number of esters is 1. The van der Waals surface area contributed by atoms with Crippen molar-refractivity contribution in [2.45, 2.75) is 17.1 Å². The molecule has 8 heteroatoms. The largest absolute Gasteiger partial charge is 0.455 e. The quantitative estimate of drug-likeness (QED) is 0.595. The minimum atomic E-state index is -0.467. The lowest BCUT2D eigenvalue weighted by Crippen LogP contribution is -2.24. The van der Waals surface area contributed by atoms with Crippen molar-refractivity contribution in [2.75, 3.05) is 18.7 Å². The summed E-state index contributed by atoms with van der Waals surface area (Å²) in [5.74, 6) is 0.293. The second-order valence-corrected chi connectivity index (χ2v) is 7.29. The molecule has 26 heavy (non-hydrogen) atoms. The maximum absolute atomic E-state index is 12.0. The van der Waals surface area contributed by atoms with Crippen LogP contribution in [0.4, 0.5) is 5.69 Å². The summed E-state index contributed by atoms with van der Waals surface area (Å²) in [6, 6.07) is 12.2. The Hall–Kier alpha value is -2.38. The molecule has 2 aromatic rings. The average molecular weight is 394 g/mol. The van der Waals surface area contributed by atoms with E-state index in [9.17, 15) is 9.59 Å². The summed E-state index contributed by atoms with van der Waals surface area (Å²) in [4.78, 5) is 24.9. The van der Waals surface area contributed by atoms with Gasteiger partial charge in [0.05, 0.1) is 0 Å². The van der Waals surface area contributed by atoms with Crippen LogP contribution in [0.5, 0.6) is 11.5 Å². The van der Waals surface area contributed by atoms with E-state index < -0.39 is 17.1 Å². The molecule has 0 saturated heterocycles. The van der Waals surface area contributed by atoms with Crippen LogP contribution in [0, 0.1) is 0 Å². The van der Waals surface area contributed by atoms with Crippen molar-refractivity contribution in [1.29, 1.82) is 0 Å². The fourth-order valence-electron chi connectivity index (χ4n) is 2.19. The molecule has 0 radical (unpaired) electrons. The van der Waals surface area contributed by atoms with Crippen molar-refractivity contribution < 1.29 is 23.8 Å². The first-order chi connectivity index (χ1) is 12.5. The van der Waals surface area contributed by atoms with Gasteiger partial charge in [-0.05, 0) is 43.3 Å². The number of carbonyl (C=O) groups excluding carboxylic acids is 2. The predicted molar refractivity (Wildman–Crippen MR) is 98.9 cm³/mol. The predicted octanol–water partition coefficient (Wildman–Crippen LogP) is 3.73. The lowest BCUT2D eigenvalue weighted by atomic mass is 10.3. The second kappa shape index (κ2) is 8.33. The third kappa shape index (κ3) is 4.83. The zero-order valence-electron chi connectivity index (χ0n) is 13.9. The molecule has 1 amide bonds. The zero-order chi connectivity index (χ0) is 18.5. The molecule has 6 nitrogen and oxygen atoms in total. The van der Waals surface area contributed by atoms with E-state index in [2.05, 4.69) is 5.32 Å². The monoisotopic (exact) mass is 393 g/mol. The molecule has 2 aromatic carbocycles. The van der Waals surface area contributed by atoms with Crippen molar-refractivity contribution in [3.63, 3.8) is 0 Å². The van der Waals surface area contributed by atoms with Gasteiger partial charge in [0.1, 0.15) is 5.25 Å². The Balaban J connectivity index is 1.46. The first-order valence-corrected chi connectivity index (χ1v) is 9.05. The molecule has 136 valence electrons. The van der Waals surface area contributed by atoms with E-state index in [4.69, 9.17) is 25.8 Å². The first kappa shape index (κ1) is 18.4. The summed E-state index contributed by atoms with van der Waals surface area (Å²) >= 11 is 7.17. The number of thioether (sulfide) groups is 1. The van der Waals surface area contributed by atoms with Crippen LogP contribution in [0.15, 0.2) is 47.4 Å². The van der Waals surface area contributed by atoms with Crippen LogP contribution in [0.3, 0.4) is 0 Å². The summed E-state index contributed by atoms with van der Waals surface area (Å²) in [6.45, 7) is 1.52. The number of fused-ring (bicyclic) bond motifs is 1. The van der Waals surface area contributed by atoms with E-state index in [1.807, 2.05) is 12.1 Å². The van der Waals surface area contributed by atoms with E-state index in [1.54, 1.807) is 37.3 Å². The highest BCUT2D eigenvalue weighted by atomic mass is 35.5. The van der Waals surface area contributed by atoms with Crippen molar-refractivity contribution in [3.8, 4) is 11.5 Å². The molecule has 0 aromatic heterocycles. The van der Waals surface area contributed by atoms with E-state index in [1.165, 1.54) is 11.8 Å². The number of rotatable bonds is 6. The smallest absolute Gasteiger partial charge is 0.319 e. The minimum absolute atomic E-state index is 0.160. The number of amides is 1. The van der Waals surface area contributed by atoms with E-state index in [0.29, 0.717) is 22.2 Å². The van der Waals surface area contributed by atoms with Crippen LogP contribution in [0.25, 0.3) is 0 Å². The number of ether oxygens (including phenoxy) is 3. The Labute approximate surface area is 159 Å². The van der Waals surface area contributed by atoms with Gasteiger partial charge < -0.3 is 19.5 Å².